The van der Waals surface area contributed by atoms with Crippen LogP contribution in [0.5, 0.6) is 0 Å². The molecule has 0 unspecified atom stereocenters. The van der Waals surface area contributed by atoms with Crippen LogP contribution in [0.1, 0.15) is 35.8 Å². The molecule has 116 valence electrons. The summed E-state index contributed by atoms with van der Waals surface area (Å²) in [7, 11) is 0. The Morgan fingerprint density at radius 2 is 2.14 bits per heavy atom. The van der Waals surface area contributed by atoms with E-state index in [0.29, 0.717) is 23.1 Å². The van der Waals surface area contributed by atoms with Crippen LogP contribution in [-0.4, -0.2) is 41.1 Å². The Kier molecular flexibility index (Phi) is 3.18. The molecule has 22 heavy (non-hydrogen) atoms. The van der Waals surface area contributed by atoms with Crippen molar-refractivity contribution in [2.75, 3.05) is 13.1 Å². The van der Waals surface area contributed by atoms with E-state index in [0.717, 1.165) is 11.1 Å². The van der Waals surface area contributed by atoms with E-state index in [4.69, 9.17) is 4.52 Å². The fourth-order valence-corrected chi connectivity index (χ4v) is 3.98. The van der Waals surface area contributed by atoms with Crippen LogP contribution in [0.15, 0.2) is 22.7 Å². The first-order chi connectivity index (χ1) is 10.6. The van der Waals surface area contributed by atoms with E-state index >= 15 is 0 Å². The highest BCUT2D eigenvalue weighted by molar-refractivity contribution is 5.98. The monoisotopic (exact) mass is 299 g/mol. The van der Waals surface area contributed by atoms with Crippen molar-refractivity contribution in [3.8, 4) is 0 Å². The third-order valence-corrected chi connectivity index (χ3v) is 5.39. The number of fused-ring (bicyclic) bond motifs is 4. The number of benzene rings is 1. The SMILES string of the molecule is Cc1noc2cc(C(=O)N[C@@H]3C4CCN(CC4)[C@H]3C)ccc12. The van der Waals surface area contributed by atoms with Crippen LogP contribution in [0.25, 0.3) is 11.0 Å². The van der Waals surface area contributed by atoms with Gasteiger partial charge in [-0.3, -0.25) is 9.69 Å². The molecule has 5 nitrogen and oxygen atoms in total. The topological polar surface area (TPSA) is 58.4 Å². The smallest absolute Gasteiger partial charge is 0.251 e. The minimum atomic E-state index is -0.0125. The minimum Gasteiger partial charge on any atom is -0.356 e. The maximum atomic E-state index is 12.6. The van der Waals surface area contributed by atoms with Crippen LogP contribution in [0, 0.1) is 12.8 Å². The number of hydrogen-bond acceptors (Lipinski definition) is 4. The van der Waals surface area contributed by atoms with Crippen LogP contribution in [-0.2, 0) is 0 Å². The fraction of sp³-hybridized carbons (Fsp3) is 0.529. The standard InChI is InChI=1S/C17H21N3O2/c1-10-14-4-3-13(9-15(14)22-19-10)17(21)18-16-11(2)20-7-5-12(16)6-8-20/h3-4,9,11-12,16H,5-8H2,1-2H3,(H,18,21)/t11-,16-/m0/s1. The van der Waals surface area contributed by atoms with E-state index in [9.17, 15) is 4.79 Å². The summed E-state index contributed by atoms with van der Waals surface area (Å²) in [5, 5.41) is 8.15. The Bertz CT molecular complexity index is 714. The number of aryl methyl sites for hydroxylation is 1. The van der Waals surface area contributed by atoms with Gasteiger partial charge in [-0.1, -0.05) is 5.16 Å². The van der Waals surface area contributed by atoms with Crippen molar-refractivity contribution in [3.05, 3.63) is 29.5 Å². The van der Waals surface area contributed by atoms with E-state index < -0.39 is 0 Å². The van der Waals surface area contributed by atoms with Gasteiger partial charge in [0, 0.05) is 23.0 Å². The summed E-state index contributed by atoms with van der Waals surface area (Å²) in [6.07, 6.45) is 2.38. The van der Waals surface area contributed by atoms with Crippen molar-refractivity contribution in [1.29, 1.82) is 0 Å². The lowest BCUT2D eigenvalue weighted by molar-refractivity contribution is 0.0217. The zero-order valence-electron chi connectivity index (χ0n) is 13.0. The molecule has 0 aliphatic carbocycles. The molecule has 4 heterocycles. The first-order valence-corrected chi connectivity index (χ1v) is 8.04. The minimum absolute atomic E-state index is 0.0125. The summed E-state index contributed by atoms with van der Waals surface area (Å²) in [6, 6.07) is 6.23. The molecule has 1 N–H and O–H groups in total. The van der Waals surface area contributed by atoms with E-state index in [-0.39, 0.29) is 11.9 Å². The van der Waals surface area contributed by atoms with Crippen molar-refractivity contribution >= 4 is 16.9 Å². The number of aromatic nitrogens is 1. The normalized spacial score (nSPS) is 30.6. The number of nitrogens with one attached hydrogen (secondary N) is 1. The van der Waals surface area contributed by atoms with Crippen LogP contribution in [0.4, 0.5) is 0 Å². The van der Waals surface area contributed by atoms with Gasteiger partial charge in [-0.15, -0.1) is 0 Å². The second kappa shape index (κ2) is 5.09. The molecule has 2 bridgehead atoms. The number of carbonyl (C=O) groups is 1. The van der Waals surface area contributed by atoms with Crippen LogP contribution < -0.4 is 5.32 Å². The summed E-state index contributed by atoms with van der Waals surface area (Å²) in [5.74, 6) is 0.599. The van der Waals surface area contributed by atoms with Gasteiger partial charge in [-0.2, -0.15) is 0 Å². The van der Waals surface area contributed by atoms with Gasteiger partial charge in [0.2, 0.25) is 0 Å². The predicted octanol–water partition coefficient (Wildman–Crippen LogP) is 2.35. The van der Waals surface area contributed by atoms with Crippen molar-refractivity contribution in [1.82, 2.24) is 15.4 Å². The first kappa shape index (κ1) is 13.8. The van der Waals surface area contributed by atoms with Gasteiger partial charge >= 0.3 is 0 Å². The fourth-order valence-electron chi connectivity index (χ4n) is 3.98. The molecule has 3 aliphatic rings. The van der Waals surface area contributed by atoms with Crippen LogP contribution in [0.3, 0.4) is 0 Å². The Labute approximate surface area is 129 Å². The highest BCUT2D eigenvalue weighted by Crippen LogP contribution is 2.32. The molecule has 0 spiro atoms. The van der Waals surface area contributed by atoms with Gasteiger partial charge in [0.1, 0.15) is 0 Å². The number of amides is 1. The van der Waals surface area contributed by atoms with Gasteiger partial charge in [-0.25, -0.2) is 0 Å². The number of nitrogens with zero attached hydrogens (tertiary/aromatic N) is 2. The van der Waals surface area contributed by atoms with Gasteiger partial charge in [0.15, 0.2) is 5.58 Å². The summed E-state index contributed by atoms with van der Waals surface area (Å²) < 4.78 is 5.26. The summed E-state index contributed by atoms with van der Waals surface area (Å²) in [6.45, 7) is 6.46. The molecule has 2 atom stereocenters. The van der Waals surface area contributed by atoms with Crippen LogP contribution >= 0.6 is 0 Å². The lowest BCUT2D eigenvalue weighted by Gasteiger charge is -2.49. The second-order valence-corrected chi connectivity index (χ2v) is 6.59. The Morgan fingerprint density at radius 1 is 1.36 bits per heavy atom. The van der Waals surface area contributed by atoms with Gasteiger partial charge in [0.05, 0.1) is 5.69 Å². The zero-order valence-corrected chi connectivity index (χ0v) is 13.0. The third-order valence-electron chi connectivity index (χ3n) is 5.39. The van der Waals surface area contributed by atoms with Crippen LogP contribution in [0.2, 0.25) is 0 Å². The average molecular weight is 299 g/mol. The van der Waals surface area contributed by atoms with Crippen molar-refractivity contribution < 1.29 is 9.32 Å². The van der Waals surface area contributed by atoms with E-state index in [1.807, 2.05) is 19.1 Å². The molecule has 3 fully saturated rings. The number of rotatable bonds is 2. The molecule has 5 heteroatoms. The molecule has 1 amide bonds. The molecule has 0 radical (unpaired) electrons. The lowest BCUT2D eigenvalue weighted by atomic mass is 9.79. The second-order valence-electron chi connectivity index (χ2n) is 6.59. The summed E-state index contributed by atoms with van der Waals surface area (Å²) in [5.41, 5.74) is 2.17. The Morgan fingerprint density at radius 3 is 2.86 bits per heavy atom. The molecule has 3 aliphatic heterocycles. The average Bonchev–Trinajstić information content (AvgIpc) is 2.92. The van der Waals surface area contributed by atoms with Gasteiger partial charge in [0.25, 0.3) is 5.91 Å². The molecule has 2 aromatic rings. The number of carbonyl (C=O) groups excluding carboxylic acids is 1. The Balaban J connectivity index is 1.55. The number of hydrogen-bond donors (Lipinski definition) is 1. The Hall–Kier alpha value is -1.88. The maximum Gasteiger partial charge on any atom is 0.251 e. The molecule has 0 saturated carbocycles. The highest BCUT2D eigenvalue weighted by Gasteiger charge is 2.40. The largest absolute Gasteiger partial charge is 0.356 e. The number of piperidine rings is 3. The summed E-state index contributed by atoms with van der Waals surface area (Å²) >= 11 is 0. The van der Waals surface area contributed by atoms with Crippen molar-refractivity contribution in [2.24, 2.45) is 5.92 Å². The quantitative estimate of drug-likeness (QED) is 0.925. The first-order valence-electron chi connectivity index (χ1n) is 8.04. The molecular formula is C17H21N3O2. The zero-order chi connectivity index (χ0) is 15.3. The molecule has 1 aromatic carbocycles. The molecule has 3 saturated heterocycles. The van der Waals surface area contributed by atoms with Crippen molar-refractivity contribution in [3.63, 3.8) is 0 Å². The lowest BCUT2D eigenvalue weighted by Crippen LogP contribution is -2.62. The maximum absolute atomic E-state index is 12.6. The molecule has 1 aromatic heterocycles. The third kappa shape index (κ3) is 2.11. The van der Waals surface area contributed by atoms with Gasteiger partial charge < -0.3 is 9.84 Å². The van der Waals surface area contributed by atoms with Crippen molar-refractivity contribution in [2.45, 2.75) is 38.8 Å². The highest BCUT2D eigenvalue weighted by atomic mass is 16.5. The van der Waals surface area contributed by atoms with Gasteiger partial charge in [-0.05, 0) is 63.9 Å². The van der Waals surface area contributed by atoms with E-state index in [1.165, 1.54) is 25.9 Å². The summed E-state index contributed by atoms with van der Waals surface area (Å²) in [4.78, 5) is 15.1. The molecular weight excluding hydrogens is 278 g/mol. The predicted molar refractivity (Wildman–Crippen MR) is 83.8 cm³/mol. The van der Waals surface area contributed by atoms with E-state index in [2.05, 4.69) is 22.3 Å². The molecule has 5 rings (SSSR count). The van der Waals surface area contributed by atoms with E-state index in [1.54, 1.807) is 6.07 Å².